The number of hydrogen-bond donors (Lipinski definition) is 1. The number of aryl methyl sites for hydroxylation is 1. The van der Waals surface area contributed by atoms with Crippen molar-refractivity contribution in [1.29, 1.82) is 0 Å². The van der Waals surface area contributed by atoms with E-state index < -0.39 is 0 Å². The lowest BCUT2D eigenvalue weighted by Crippen LogP contribution is -1.98. The second-order valence-corrected chi connectivity index (χ2v) is 6.74. The summed E-state index contributed by atoms with van der Waals surface area (Å²) in [5, 5.41) is 5.56. The molecule has 0 unspecified atom stereocenters. The van der Waals surface area contributed by atoms with Crippen molar-refractivity contribution in [3.05, 3.63) is 49.0 Å². The predicted octanol–water partition coefficient (Wildman–Crippen LogP) is 5.19. The third-order valence-electron chi connectivity index (χ3n) is 2.23. The molecule has 0 spiro atoms. The second kappa shape index (κ2) is 5.34. The first-order valence-corrected chi connectivity index (χ1v) is 7.34. The van der Waals surface area contributed by atoms with Gasteiger partial charge in [0, 0.05) is 16.7 Å². The molecule has 16 heavy (non-hydrogen) atoms. The van der Waals surface area contributed by atoms with Crippen molar-refractivity contribution in [2.45, 2.75) is 13.5 Å². The maximum atomic E-state index is 3.56. The van der Waals surface area contributed by atoms with E-state index in [1.165, 1.54) is 14.9 Å². The van der Waals surface area contributed by atoms with Gasteiger partial charge in [0.05, 0.1) is 3.79 Å². The van der Waals surface area contributed by atoms with Crippen LogP contribution in [0.3, 0.4) is 0 Å². The van der Waals surface area contributed by atoms with E-state index >= 15 is 0 Å². The Morgan fingerprint density at radius 2 is 2.06 bits per heavy atom. The normalized spacial score (nSPS) is 10.4. The van der Waals surface area contributed by atoms with E-state index in [4.69, 9.17) is 0 Å². The molecular weight excluding hydrogens is 350 g/mol. The van der Waals surface area contributed by atoms with Crippen molar-refractivity contribution in [2.75, 3.05) is 5.32 Å². The summed E-state index contributed by atoms with van der Waals surface area (Å²) in [5.41, 5.74) is 3.69. The molecule has 84 valence electrons. The van der Waals surface area contributed by atoms with Gasteiger partial charge in [-0.3, -0.25) is 0 Å². The van der Waals surface area contributed by atoms with Crippen LogP contribution in [0.1, 0.15) is 11.1 Å². The zero-order valence-corrected chi connectivity index (χ0v) is 12.7. The minimum atomic E-state index is 0.851. The second-order valence-electron chi connectivity index (χ2n) is 3.60. The SMILES string of the molecule is Cc1ccc(NCc2csc(Br)c2)c(Br)c1. The summed E-state index contributed by atoms with van der Waals surface area (Å²) in [6.45, 7) is 2.94. The van der Waals surface area contributed by atoms with Gasteiger partial charge in [0.2, 0.25) is 0 Å². The molecule has 0 saturated heterocycles. The summed E-state index contributed by atoms with van der Waals surface area (Å²) in [6, 6.07) is 8.46. The molecule has 1 aromatic carbocycles. The van der Waals surface area contributed by atoms with Crippen LogP contribution in [0.2, 0.25) is 0 Å². The zero-order valence-electron chi connectivity index (χ0n) is 8.76. The van der Waals surface area contributed by atoms with Crippen molar-refractivity contribution in [2.24, 2.45) is 0 Å². The third-order valence-corrected chi connectivity index (χ3v) is 4.44. The molecule has 4 heteroatoms. The van der Waals surface area contributed by atoms with E-state index in [2.05, 4.69) is 73.7 Å². The van der Waals surface area contributed by atoms with Crippen molar-refractivity contribution >= 4 is 48.9 Å². The van der Waals surface area contributed by atoms with Gasteiger partial charge in [-0.25, -0.2) is 0 Å². The van der Waals surface area contributed by atoms with Crippen molar-refractivity contribution < 1.29 is 0 Å². The fourth-order valence-electron chi connectivity index (χ4n) is 1.40. The Hall–Kier alpha value is -0.320. The van der Waals surface area contributed by atoms with Gasteiger partial charge in [0.25, 0.3) is 0 Å². The Balaban J connectivity index is 2.04. The van der Waals surface area contributed by atoms with Crippen LogP contribution in [0, 0.1) is 6.92 Å². The molecule has 1 N–H and O–H groups in total. The molecule has 0 aliphatic rings. The van der Waals surface area contributed by atoms with E-state index in [9.17, 15) is 0 Å². The van der Waals surface area contributed by atoms with E-state index in [0.29, 0.717) is 0 Å². The van der Waals surface area contributed by atoms with Crippen LogP contribution >= 0.6 is 43.2 Å². The summed E-state index contributed by atoms with van der Waals surface area (Å²) in [7, 11) is 0. The van der Waals surface area contributed by atoms with E-state index in [1.54, 1.807) is 11.3 Å². The molecule has 0 saturated carbocycles. The van der Waals surface area contributed by atoms with E-state index in [1.807, 2.05) is 0 Å². The Labute approximate surface area is 116 Å². The molecule has 2 rings (SSSR count). The first-order valence-electron chi connectivity index (χ1n) is 4.88. The highest BCUT2D eigenvalue weighted by molar-refractivity contribution is 9.11. The third kappa shape index (κ3) is 3.09. The van der Waals surface area contributed by atoms with Crippen molar-refractivity contribution in [3.8, 4) is 0 Å². The van der Waals surface area contributed by atoms with Crippen LogP contribution < -0.4 is 5.32 Å². The molecule has 0 atom stereocenters. The summed E-state index contributed by atoms with van der Waals surface area (Å²) in [5.74, 6) is 0. The number of rotatable bonds is 3. The highest BCUT2D eigenvalue weighted by atomic mass is 79.9. The van der Waals surface area contributed by atoms with Gasteiger partial charge >= 0.3 is 0 Å². The first kappa shape index (κ1) is 12.1. The highest BCUT2D eigenvalue weighted by Crippen LogP contribution is 2.25. The Morgan fingerprint density at radius 3 is 2.69 bits per heavy atom. The maximum absolute atomic E-state index is 3.56. The van der Waals surface area contributed by atoms with Crippen LogP contribution in [-0.4, -0.2) is 0 Å². The minimum absolute atomic E-state index is 0.851. The highest BCUT2D eigenvalue weighted by Gasteiger charge is 2.01. The zero-order chi connectivity index (χ0) is 11.5. The quantitative estimate of drug-likeness (QED) is 0.793. The molecule has 0 bridgehead atoms. The first-order chi connectivity index (χ1) is 7.65. The van der Waals surface area contributed by atoms with Crippen LogP contribution in [0.5, 0.6) is 0 Å². The number of halogens is 2. The number of hydrogen-bond acceptors (Lipinski definition) is 2. The molecule has 0 aliphatic carbocycles. The van der Waals surface area contributed by atoms with Gasteiger partial charge in [0.15, 0.2) is 0 Å². The number of thiophene rings is 1. The standard InChI is InChI=1S/C12H11Br2NS/c1-8-2-3-11(10(13)4-8)15-6-9-5-12(14)16-7-9/h2-5,7,15H,6H2,1H3. The van der Waals surface area contributed by atoms with Gasteiger partial charge in [-0.15, -0.1) is 11.3 Å². The van der Waals surface area contributed by atoms with Crippen LogP contribution in [0.25, 0.3) is 0 Å². The van der Waals surface area contributed by atoms with Gasteiger partial charge in [-0.2, -0.15) is 0 Å². The Kier molecular flexibility index (Phi) is 4.05. The fraction of sp³-hybridized carbons (Fsp3) is 0.167. The van der Waals surface area contributed by atoms with Crippen LogP contribution in [0.15, 0.2) is 37.9 Å². The molecule has 0 aliphatic heterocycles. The fourth-order valence-corrected chi connectivity index (χ4v) is 3.24. The lowest BCUT2D eigenvalue weighted by atomic mass is 10.2. The smallest absolute Gasteiger partial charge is 0.0701 e. The number of anilines is 1. The lowest BCUT2D eigenvalue weighted by Gasteiger charge is -2.08. The maximum Gasteiger partial charge on any atom is 0.0701 e. The van der Waals surface area contributed by atoms with Gasteiger partial charge in [-0.1, -0.05) is 6.07 Å². The van der Waals surface area contributed by atoms with Crippen LogP contribution in [0.4, 0.5) is 5.69 Å². The van der Waals surface area contributed by atoms with E-state index in [0.717, 1.165) is 16.7 Å². The monoisotopic (exact) mass is 359 g/mol. The summed E-state index contributed by atoms with van der Waals surface area (Å²) >= 11 is 8.73. The van der Waals surface area contributed by atoms with Gasteiger partial charge in [0.1, 0.15) is 0 Å². The average molecular weight is 361 g/mol. The summed E-state index contributed by atoms with van der Waals surface area (Å²) in [4.78, 5) is 0. The molecule has 1 heterocycles. The van der Waals surface area contributed by atoms with E-state index in [-0.39, 0.29) is 0 Å². The molecule has 1 nitrogen and oxygen atoms in total. The van der Waals surface area contributed by atoms with Gasteiger partial charge in [-0.05, 0) is 73.5 Å². The summed E-state index contributed by atoms with van der Waals surface area (Å²) < 4.78 is 2.29. The molecule has 0 fully saturated rings. The molecular formula is C12H11Br2NS. The van der Waals surface area contributed by atoms with Crippen LogP contribution in [-0.2, 0) is 6.54 Å². The van der Waals surface area contributed by atoms with Gasteiger partial charge < -0.3 is 5.32 Å². The molecule has 0 amide bonds. The molecule has 1 aromatic heterocycles. The van der Waals surface area contributed by atoms with Crippen molar-refractivity contribution in [1.82, 2.24) is 0 Å². The minimum Gasteiger partial charge on any atom is -0.380 e. The van der Waals surface area contributed by atoms with Crippen molar-refractivity contribution in [3.63, 3.8) is 0 Å². The Morgan fingerprint density at radius 1 is 1.25 bits per heavy atom. The lowest BCUT2D eigenvalue weighted by molar-refractivity contribution is 1.16. The largest absolute Gasteiger partial charge is 0.380 e. The predicted molar refractivity (Wildman–Crippen MR) is 78.2 cm³/mol. The molecule has 0 radical (unpaired) electrons. The Bertz CT molecular complexity index is 494. The summed E-state index contributed by atoms with van der Waals surface area (Å²) in [6.07, 6.45) is 0. The molecule has 2 aromatic rings. The number of benzene rings is 1. The topological polar surface area (TPSA) is 12.0 Å². The average Bonchev–Trinajstić information content (AvgIpc) is 2.63. The number of nitrogens with one attached hydrogen (secondary N) is 1.